The highest BCUT2D eigenvalue weighted by Gasteiger charge is 2.29. The van der Waals surface area contributed by atoms with Crippen molar-refractivity contribution in [1.29, 1.82) is 0 Å². The zero-order chi connectivity index (χ0) is 29.8. The molecule has 218 valence electrons. The maximum Gasteiger partial charge on any atom is 0.258 e. The Hall–Kier alpha value is -4.43. The van der Waals surface area contributed by atoms with Gasteiger partial charge in [0, 0.05) is 48.1 Å². The molecule has 8 heteroatoms. The van der Waals surface area contributed by atoms with Gasteiger partial charge in [-0.3, -0.25) is 14.5 Å². The number of hydrogen-bond donors (Lipinski definition) is 2. The number of hydrogen-bond acceptors (Lipinski definition) is 5. The van der Waals surface area contributed by atoms with Crippen molar-refractivity contribution in [3.63, 3.8) is 0 Å². The third-order valence-corrected chi connectivity index (χ3v) is 8.16. The number of nitrogens with one attached hydrogen (secondary N) is 2. The minimum absolute atomic E-state index is 0.0686. The van der Waals surface area contributed by atoms with E-state index in [0.717, 1.165) is 54.2 Å². The minimum atomic E-state index is -0.191. The molecular formula is C35H34ClN5O2. The Balaban J connectivity index is 1.30. The van der Waals surface area contributed by atoms with Crippen molar-refractivity contribution in [1.82, 2.24) is 9.80 Å². The lowest BCUT2D eigenvalue weighted by Crippen LogP contribution is -2.48. The van der Waals surface area contributed by atoms with Gasteiger partial charge in [0.2, 0.25) is 5.91 Å². The van der Waals surface area contributed by atoms with Crippen LogP contribution in [0.1, 0.15) is 16.7 Å². The van der Waals surface area contributed by atoms with Gasteiger partial charge in [-0.25, -0.2) is 0 Å². The SMILES string of the molecule is CN1CCN(CC(=O)N(Cc2ccccc2)c2ccc(N/C(=C3\C(=O)Nc4cc(Cl)ccc43)c3ccccc3)cc2)CC1. The van der Waals surface area contributed by atoms with Crippen LogP contribution in [0.5, 0.6) is 0 Å². The van der Waals surface area contributed by atoms with E-state index in [1.807, 2.05) is 95.9 Å². The van der Waals surface area contributed by atoms with Gasteiger partial charge in [-0.1, -0.05) is 78.3 Å². The van der Waals surface area contributed by atoms with Crippen LogP contribution in [-0.4, -0.2) is 61.4 Å². The number of carbonyl (C=O) groups is 2. The fourth-order valence-corrected chi connectivity index (χ4v) is 5.69. The van der Waals surface area contributed by atoms with Gasteiger partial charge in [-0.05, 0) is 54.6 Å². The molecule has 6 rings (SSSR count). The molecule has 0 aliphatic carbocycles. The monoisotopic (exact) mass is 591 g/mol. The first-order chi connectivity index (χ1) is 20.9. The highest BCUT2D eigenvalue weighted by atomic mass is 35.5. The first-order valence-corrected chi connectivity index (χ1v) is 14.9. The van der Waals surface area contributed by atoms with Crippen LogP contribution < -0.4 is 15.5 Å². The number of likely N-dealkylation sites (N-methyl/N-ethyl adjacent to an activating group) is 1. The van der Waals surface area contributed by atoms with Crippen molar-refractivity contribution in [2.24, 2.45) is 0 Å². The van der Waals surface area contributed by atoms with Crippen LogP contribution in [-0.2, 0) is 16.1 Å². The van der Waals surface area contributed by atoms with E-state index in [1.54, 1.807) is 12.1 Å². The second-order valence-electron chi connectivity index (χ2n) is 11.0. The number of fused-ring (bicyclic) bond motifs is 1. The first kappa shape index (κ1) is 28.7. The van der Waals surface area contributed by atoms with E-state index in [1.165, 1.54) is 0 Å². The highest BCUT2D eigenvalue weighted by molar-refractivity contribution is 6.38. The van der Waals surface area contributed by atoms with Crippen LogP contribution in [0.15, 0.2) is 103 Å². The fraction of sp³-hybridized carbons (Fsp3) is 0.200. The lowest BCUT2D eigenvalue weighted by atomic mass is 10.00. The van der Waals surface area contributed by atoms with E-state index in [9.17, 15) is 9.59 Å². The van der Waals surface area contributed by atoms with Crippen molar-refractivity contribution in [3.8, 4) is 0 Å². The van der Waals surface area contributed by atoms with E-state index in [-0.39, 0.29) is 11.8 Å². The number of nitrogens with zero attached hydrogens (tertiary/aromatic N) is 3. The number of rotatable bonds is 8. The van der Waals surface area contributed by atoms with Gasteiger partial charge < -0.3 is 20.4 Å². The Labute approximate surface area is 257 Å². The highest BCUT2D eigenvalue weighted by Crippen LogP contribution is 2.39. The Kier molecular flexibility index (Phi) is 8.56. The molecule has 0 atom stereocenters. The quantitative estimate of drug-likeness (QED) is 0.244. The van der Waals surface area contributed by atoms with Crippen LogP contribution in [0.3, 0.4) is 0 Å². The first-order valence-electron chi connectivity index (χ1n) is 14.5. The summed E-state index contributed by atoms with van der Waals surface area (Å²) in [4.78, 5) is 33.3. The Bertz CT molecular complexity index is 1630. The molecule has 7 nitrogen and oxygen atoms in total. The molecule has 0 bridgehead atoms. The van der Waals surface area contributed by atoms with E-state index in [0.29, 0.717) is 35.1 Å². The summed E-state index contributed by atoms with van der Waals surface area (Å²) in [5, 5.41) is 7.02. The molecule has 2 N–H and O–H groups in total. The van der Waals surface area contributed by atoms with Crippen molar-refractivity contribution >= 4 is 51.7 Å². The zero-order valence-corrected chi connectivity index (χ0v) is 24.8. The molecule has 4 aromatic carbocycles. The standard InChI is InChI=1S/C35H34ClN5O2/c1-39-18-20-40(21-19-39)24-32(42)41(23-25-8-4-2-5-9-25)29-15-13-28(14-16-29)37-34(26-10-6-3-7-11-26)33-30-17-12-27(36)22-31(30)38-35(33)43/h2-17,22,37H,18-21,23-24H2,1H3,(H,38,43)/b34-33-. The summed E-state index contributed by atoms with van der Waals surface area (Å²) in [6.45, 7) is 4.54. The van der Waals surface area contributed by atoms with Crippen LogP contribution >= 0.6 is 11.6 Å². The third-order valence-electron chi connectivity index (χ3n) is 7.93. The Morgan fingerprint density at radius 2 is 1.56 bits per heavy atom. The summed E-state index contributed by atoms with van der Waals surface area (Å²) in [5.41, 5.74) is 6.30. The lowest BCUT2D eigenvalue weighted by molar-refractivity contribution is -0.120. The summed E-state index contributed by atoms with van der Waals surface area (Å²) in [7, 11) is 2.11. The Morgan fingerprint density at radius 1 is 0.884 bits per heavy atom. The van der Waals surface area contributed by atoms with Gasteiger partial charge in [0.05, 0.1) is 30.0 Å². The molecule has 4 aromatic rings. The van der Waals surface area contributed by atoms with Gasteiger partial charge >= 0.3 is 0 Å². The molecule has 2 aliphatic rings. The number of piperazine rings is 1. The van der Waals surface area contributed by atoms with Crippen molar-refractivity contribution in [3.05, 3.63) is 125 Å². The van der Waals surface area contributed by atoms with Gasteiger partial charge in [0.1, 0.15) is 0 Å². The smallest absolute Gasteiger partial charge is 0.258 e. The molecule has 2 amide bonds. The average molecular weight is 592 g/mol. The van der Waals surface area contributed by atoms with Crippen LogP contribution in [0.25, 0.3) is 11.3 Å². The van der Waals surface area contributed by atoms with Crippen LogP contribution in [0.4, 0.5) is 17.1 Å². The van der Waals surface area contributed by atoms with E-state index in [4.69, 9.17) is 11.6 Å². The molecule has 2 heterocycles. The fourth-order valence-electron chi connectivity index (χ4n) is 5.52. The predicted octanol–water partition coefficient (Wildman–Crippen LogP) is 6.05. The number of carbonyl (C=O) groups excluding carboxylic acids is 2. The summed E-state index contributed by atoms with van der Waals surface area (Å²) in [5.74, 6) is -0.122. The molecule has 0 radical (unpaired) electrons. The molecule has 0 unspecified atom stereocenters. The van der Waals surface area contributed by atoms with Gasteiger partial charge in [-0.15, -0.1) is 0 Å². The molecule has 43 heavy (non-hydrogen) atoms. The summed E-state index contributed by atoms with van der Waals surface area (Å²) < 4.78 is 0. The molecule has 2 aliphatic heterocycles. The lowest BCUT2D eigenvalue weighted by Gasteiger charge is -2.33. The number of amides is 2. The molecule has 0 saturated carbocycles. The summed E-state index contributed by atoms with van der Waals surface area (Å²) in [6.07, 6.45) is 0. The molecule has 0 spiro atoms. The Morgan fingerprint density at radius 3 is 2.26 bits per heavy atom. The largest absolute Gasteiger partial charge is 0.354 e. The summed E-state index contributed by atoms with van der Waals surface area (Å²) in [6, 6.07) is 33.1. The number of anilines is 3. The number of benzene rings is 4. The predicted molar refractivity (Wildman–Crippen MR) is 175 cm³/mol. The minimum Gasteiger partial charge on any atom is -0.354 e. The molecule has 1 saturated heterocycles. The molecular weight excluding hydrogens is 558 g/mol. The second-order valence-corrected chi connectivity index (χ2v) is 11.4. The summed E-state index contributed by atoms with van der Waals surface area (Å²) >= 11 is 6.20. The van der Waals surface area contributed by atoms with Gasteiger partial charge in [-0.2, -0.15) is 0 Å². The van der Waals surface area contributed by atoms with Gasteiger partial charge in [0.25, 0.3) is 5.91 Å². The van der Waals surface area contributed by atoms with E-state index < -0.39 is 0 Å². The normalized spacial score (nSPS) is 16.4. The molecule has 1 fully saturated rings. The van der Waals surface area contributed by atoms with Crippen molar-refractivity contribution in [2.45, 2.75) is 6.54 Å². The van der Waals surface area contributed by atoms with E-state index in [2.05, 4.69) is 27.5 Å². The molecule has 0 aromatic heterocycles. The topological polar surface area (TPSA) is 67.9 Å². The van der Waals surface area contributed by atoms with Crippen molar-refractivity contribution in [2.75, 3.05) is 55.3 Å². The van der Waals surface area contributed by atoms with E-state index >= 15 is 0 Å². The van der Waals surface area contributed by atoms with Crippen molar-refractivity contribution < 1.29 is 9.59 Å². The van der Waals surface area contributed by atoms with Crippen LogP contribution in [0.2, 0.25) is 5.02 Å². The maximum absolute atomic E-state index is 13.7. The third kappa shape index (κ3) is 6.65. The zero-order valence-electron chi connectivity index (χ0n) is 24.1. The second kappa shape index (κ2) is 12.8. The average Bonchev–Trinajstić information content (AvgIpc) is 3.35. The number of halogens is 1. The van der Waals surface area contributed by atoms with Gasteiger partial charge in [0.15, 0.2) is 0 Å². The van der Waals surface area contributed by atoms with Crippen LogP contribution in [0, 0.1) is 0 Å². The maximum atomic E-state index is 13.7.